The van der Waals surface area contributed by atoms with Crippen molar-refractivity contribution in [2.24, 2.45) is 0 Å². The maximum atomic E-state index is 8.98. The van der Waals surface area contributed by atoms with E-state index in [1.165, 1.54) is 5.56 Å². The molecular formula is C16H16O4. The monoisotopic (exact) mass is 272 g/mol. The Bertz CT molecular complexity index is 578. The SMILES string of the molecule is OCc1ccc(CCOc2ccc3c(c2)OCO3)cc1. The molecule has 2 aromatic rings. The van der Waals surface area contributed by atoms with Crippen molar-refractivity contribution in [3.8, 4) is 17.2 Å². The second-order valence-electron chi connectivity index (χ2n) is 4.59. The predicted molar refractivity (Wildman–Crippen MR) is 74.1 cm³/mol. The molecule has 0 aromatic heterocycles. The molecule has 104 valence electrons. The third-order valence-electron chi connectivity index (χ3n) is 3.21. The van der Waals surface area contributed by atoms with E-state index in [2.05, 4.69) is 0 Å². The largest absolute Gasteiger partial charge is 0.493 e. The molecule has 0 atom stereocenters. The van der Waals surface area contributed by atoms with Crippen LogP contribution in [0.3, 0.4) is 0 Å². The van der Waals surface area contributed by atoms with Gasteiger partial charge in [-0.25, -0.2) is 0 Å². The summed E-state index contributed by atoms with van der Waals surface area (Å²) in [6.45, 7) is 0.947. The first kappa shape index (κ1) is 12.8. The summed E-state index contributed by atoms with van der Waals surface area (Å²) in [4.78, 5) is 0. The molecule has 3 rings (SSSR count). The van der Waals surface area contributed by atoms with Crippen LogP contribution < -0.4 is 14.2 Å². The smallest absolute Gasteiger partial charge is 0.231 e. The van der Waals surface area contributed by atoms with Gasteiger partial charge in [0.25, 0.3) is 0 Å². The highest BCUT2D eigenvalue weighted by atomic mass is 16.7. The number of hydrogen-bond acceptors (Lipinski definition) is 4. The molecule has 0 saturated carbocycles. The molecule has 2 aromatic carbocycles. The molecule has 4 heteroatoms. The van der Waals surface area contributed by atoms with E-state index in [-0.39, 0.29) is 13.4 Å². The highest BCUT2D eigenvalue weighted by Crippen LogP contribution is 2.35. The van der Waals surface area contributed by atoms with Crippen molar-refractivity contribution in [1.29, 1.82) is 0 Å². The first-order valence-electron chi connectivity index (χ1n) is 6.56. The zero-order valence-corrected chi connectivity index (χ0v) is 11.0. The fourth-order valence-electron chi connectivity index (χ4n) is 2.06. The van der Waals surface area contributed by atoms with E-state index in [0.29, 0.717) is 6.61 Å². The van der Waals surface area contributed by atoms with Gasteiger partial charge in [-0.3, -0.25) is 0 Å². The van der Waals surface area contributed by atoms with Gasteiger partial charge in [-0.2, -0.15) is 0 Å². The molecule has 0 radical (unpaired) electrons. The zero-order chi connectivity index (χ0) is 13.8. The lowest BCUT2D eigenvalue weighted by Gasteiger charge is -2.07. The van der Waals surface area contributed by atoms with Crippen molar-refractivity contribution in [3.63, 3.8) is 0 Å². The topological polar surface area (TPSA) is 47.9 Å². The second-order valence-corrected chi connectivity index (χ2v) is 4.59. The summed E-state index contributed by atoms with van der Waals surface area (Å²) in [6.07, 6.45) is 0.820. The summed E-state index contributed by atoms with van der Waals surface area (Å²) in [5.74, 6) is 2.27. The maximum absolute atomic E-state index is 8.98. The lowest BCUT2D eigenvalue weighted by Crippen LogP contribution is -2.01. The third-order valence-corrected chi connectivity index (χ3v) is 3.21. The molecule has 1 aliphatic heterocycles. The quantitative estimate of drug-likeness (QED) is 0.908. The highest BCUT2D eigenvalue weighted by molar-refractivity contribution is 5.46. The number of fused-ring (bicyclic) bond motifs is 1. The molecule has 1 N–H and O–H groups in total. The molecule has 0 saturated heterocycles. The Morgan fingerprint density at radius 1 is 0.950 bits per heavy atom. The molecule has 0 fully saturated rings. The molecule has 0 spiro atoms. The van der Waals surface area contributed by atoms with E-state index in [9.17, 15) is 0 Å². The van der Waals surface area contributed by atoms with Crippen molar-refractivity contribution < 1.29 is 19.3 Å². The van der Waals surface area contributed by atoms with Gasteiger partial charge in [0.1, 0.15) is 5.75 Å². The van der Waals surface area contributed by atoms with Gasteiger partial charge in [-0.1, -0.05) is 24.3 Å². The highest BCUT2D eigenvalue weighted by Gasteiger charge is 2.13. The number of aliphatic hydroxyl groups excluding tert-OH is 1. The summed E-state index contributed by atoms with van der Waals surface area (Å²) < 4.78 is 16.3. The average Bonchev–Trinajstić information content (AvgIpc) is 2.95. The second kappa shape index (κ2) is 5.84. The summed E-state index contributed by atoms with van der Waals surface area (Å²) in [7, 11) is 0. The normalized spacial score (nSPS) is 12.4. The van der Waals surface area contributed by atoms with Crippen LogP contribution in [-0.4, -0.2) is 18.5 Å². The molecular weight excluding hydrogens is 256 g/mol. The van der Waals surface area contributed by atoms with Crippen LogP contribution in [-0.2, 0) is 13.0 Å². The van der Waals surface area contributed by atoms with E-state index < -0.39 is 0 Å². The van der Waals surface area contributed by atoms with Crippen LogP contribution in [0.25, 0.3) is 0 Å². The molecule has 4 nitrogen and oxygen atoms in total. The number of benzene rings is 2. The Kier molecular flexibility index (Phi) is 3.74. The summed E-state index contributed by atoms with van der Waals surface area (Å²) in [5, 5.41) is 8.98. The Morgan fingerprint density at radius 3 is 2.50 bits per heavy atom. The Morgan fingerprint density at radius 2 is 1.70 bits per heavy atom. The fourth-order valence-corrected chi connectivity index (χ4v) is 2.06. The van der Waals surface area contributed by atoms with E-state index in [0.717, 1.165) is 29.2 Å². The van der Waals surface area contributed by atoms with Crippen LogP contribution >= 0.6 is 0 Å². The summed E-state index contributed by atoms with van der Waals surface area (Å²) in [5.41, 5.74) is 2.10. The Balaban J connectivity index is 1.54. The van der Waals surface area contributed by atoms with Crippen LogP contribution in [0.15, 0.2) is 42.5 Å². The van der Waals surface area contributed by atoms with Gasteiger partial charge in [0, 0.05) is 12.5 Å². The molecule has 1 aliphatic rings. The lowest BCUT2D eigenvalue weighted by molar-refractivity contribution is 0.173. The van der Waals surface area contributed by atoms with Crippen LogP contribution in [0.2, 0.25) is 0 Å². The van der Waals surface area contributed by atoms with E-state index in [1.807, 2.05) is 42.5 Å². The van der Waals surface area contributed by atoms with E-state index in [4.69, 9.17) is 19.3 Å². The van der Waals surface area contributed by atoms with Crippen LogP contribution in [0.5, 0.6) is 17.2 Å². The van der Waals surface area contributed by atoms with Crippen LogP contribution in [0.1, 0.15) is 11.1 Å². The number of ether oxygens (including phenoxy) is 3. The molecule has 0 unspecified atom stereocenters. The fraction of sp³-hybridized carbons (Fsp3) is 0.250. The number of aliphatic hydroxyl groups is 1. The van der Waals surface area contributed by atoms with Gasteiger partial charge < -0.3 is 19.3 Å². The number of hydrogen-bond donors (Lipinski definition) is 1. The van der Waals surface area contributed by atoms with Crippen molar-refractivity contribution in [1.82, 2.24) is 0 Å². The van der Waals surface area contributed by atoms with E-state index >= 15 is 0 Å². The van der Waals surface area contributed by atoms with Gasteiger partial charge >= 0.3 is 0 Å². The molecule has 20 heavy (non-hydrogen) atoms. The van der Waals surface area contributed by atoms with Crippen molar-refractivity contribution in [3.05, 3.63) is 53.6 Å². The molecule has 0 amide bonds. The zero-order valence-electron chi connectivity index (χ0n) is 11.0. The molecule has 0 bridgehead atoms. The average molecular weight is 272 g/mol. The number of rotatable bonds is 5. The van der Waals surface area contributed by atoms with Crippen LogP contribution in [0.4, 0.5) is 0 Å². The van der Waals surface area contributed by atoms with E-state index in [1.54, 1.807) is 0 Å². The van der Waals surface area contributed by atoms with Crippen LogP contribution in [0, 0.1) is 0 Å². The van der Waals surface area contributed by atoms with Gasteiger partial charge in [0.2, 0.25) is 6.79 Å². The maximum Gasteiger partial charge on any atom is 0.231 e. The van der Waals surface area contributed by atoms with Gasteiger partial charge in [-0.05, 0) is 23.3 Å². The van der Waals surface area contributed by atoms with Crippen molar-refractivity contribution in [2.75, 3.05) is 13.4 Å². The lowest BCUT2D eigenvalue weighted by atomic mass is 10.1. The summed E-state index contributed by atoms with van der Waals surface area (Å²) in [6, 6.07) is 13.4. The predicted octanol–water partition coefficient (Wildman–Crippen LogP) is 2.53. The standard InChI is InChI=1S/C16H16O4/c17-10-13-3-1-12(2-4-13)7-8-18-14-5-6-15-16(9-14)20-11-19-15/h1-6,9,17H,7-8,10-11H2. The minimum Gasteiger partial charge on any atom is -0.493 e. The minimum atomic E-state index is 0.0774. The van der Waals surface area contributed by atoms with Crippen molar-refractivity contribution in [2.45, 2.75) is 13.0 Å². The first-order chi connectivity index (χ1) is 9.85. The summed E-state index contributed by atoms with van der Waals surface area (Å²) >= 11 is 0. The van der Waals surface area contributed by atoms with Crippen molar-refractivity contribution >= 4 is 0 Å². The van der Waals surface area contributed by atoms with Gasteiger partial charge in [0.15, 0.2) is 11.5 Å². The minimum absolute atomic E-state index is 0.0774. The third kappa shape index (κ3) is 2.86. The molecule has 1 heterocycles. The molecule has 0 aliphatic carbocycles. The Hall–Kier alpha value is -2.20. The van der Waals surface area contributed by atoms with Gasteiger partial charge in [0.05, 0.1) is 13.2 Å². The van der Waals surface area contributed by atoms with Gasteiger partial charge in [-0.15, -0.1) is 0 Å². The first-order valence-corrected chi connectivity index (χ1v) is 6.56. The Labute approximate surface area is 117 Å².